The average Bonchev–Trinajstić information content (AvgIpc) is 2.84. The topological polar surface area (TPSA) is 93.5 Å². The molecule has 0 aromatic rings. The Morgan fingerprint density at radius 1 is 1.43 bits per heavy atom. The average molecular weight is 363 g/mol. The van der Waals surface area contributed by atoms with Crippen LogP contribution in [0, 0.1) is 11.3 Å². The zero-order valence-corrected chi connectivity index (χ0v) is 15.0. The van der Waals surface area contributed by atoms with Gasteiger partial charge in [0.15, 0.2) is 9.84 Å². The summed E-state index contributed by atoms with van der Waals surface area (Å²) in [6.07, 6.45) is 1.98. The van der Waals surface area contributed by atoms with Crippen LogP contribution in [0.3, 0.4) is 0 Å². The van der Waals surface area contributed by atoms with Crippen molar-refractivity contribution in [2.24, 2.45) is 0 Å². The molecule has 1 unspecified atom stereocenters. The Balaban J connectivity index is 2.91. The van der Waals surface area contributed by atoms with Crippen molar-refractivity contribution in [2.45, 2.75) is 12.5 Å². The lowest BCUT2D eigenvalue weighted by Crippen LogP contribution is -2.38. The second-order valence-corrected chi connectivity index (χ2v) is 8.30. The number of rotatable bonds is 8. The lowest BCUT2D eigenvalue weighted by atomic mass is 10.2. The Kier molecular flexibility index (Phi) is 7.82. The van der Waals surface area contributed by atoms with Crippen LogP contribution in [0.1, 0.15) is 6.42 Å². The molecule has 130 valence electrons. The Morgan fingerprint density at radius 3 is 2.61 bits per heavy atom. The summed E-state index contributed by atoms with van der Waals surface area (Å²) in [5, 5.41) is 11.7. The van der Waals surface area contributed by atoms with Crippen molar-refractivity contribution in [3.63, 3.8) is 0 Å². The number of nitrogens with one attached hydrogen (secondary N) is 1. The summed E-state index contributed by atoms with van der Waals surface area (Å²) < 4.78 is 23.4. The number of alkyl halides is 1. The van der Waals surface area contributed by atoms with Gasteiger partial charge in [-0.15, -0.1) is 11.6 Å². The monoisotopic (exact) mass is 362 g/mol. The zero-order valence-electron chi connectivity index (χ0n) is 13.5. The predicted octanol–water partition coefficient (Wildman–Crippen LogP) is -0.200. The van der Waals surface area contributed by atoms with Crippen LogP contribution in [-0.2, 0) is 14.6 Å². The molecule has 1 fully saturated rings. The van der Waals surface area contributed by atoms with Gasteiger partial charge in [0, 0.05) is 37.8 Å². The maximum absolute atomic E-state index is 11.9. The zero-order chi connectivity index (χ0) is 17.5. The van der Waals surface area contributed by atoms with Gasteiger partial charge in [0.1, 0.15) is 11.6 Å². The van der Waals surface area contributed by atoms with E-state index in [9.17, 15) is 18.5 Å². The molecule has 1 aliphatic rings. The van der Waals surface area contributed by atoms with E-state index in [2.05, 4.69) is 5.32 Å². The molecule has 7 nitrogen and oxygen atoms in total. The number of carbonyl (C=O) groups is 1. The number of hydrogen-bond donors (Lipinski definition) is 1. The van der Waals surface area contributed by atoms with Gasteiger partial charge in [0.25, 0.3) is 5.91 Å². The molecule has 23 heavy (non-hydrogen) atoms. The normalized spacial score (nSPS) is 20.3. The third-order valence-electron chi connectivity index (χ3n) is 3.52. The first-order valence-electron chi connectivity index (χ1n) is 7.36. The maximum atomic E-state index is 11.9. The molecular weight excluding hydrogens is 340 g/mol. The first-order valence-corrected chi connectivity index (χ1v) is 9.71. The van der Waals surface area contributed by atoms with Crippen LogP contribution < -0.4 is 5.32 Å². The van der Waals surface area contributed by atoms with Gasteiger partial charge in [-0.1, -0.05) is 0 Å². The number of likely N-dealkylation sites (N-methyl/N-ethyl adjacent to an activating group) is 1. The van der Waals surface area contributed by atoms with Crippen LogP contribution in [0.25, 0.3) is 0 Å². The molecule has 0 radical (unpaired) electrons. The van der Waals surface area contributed by atoms with E-state index >= 15 is 0 Å². The van der Waals surface area contributed by atoms with E-state index in [1.165, 1.54) is 6.20 Å². The molecule has 1 atom stereocenters. The molecule has 9 heteroatoms. The van der Waals surface area contributed by atoms with E-state index in [1.807, 2.05) is 25.1 Å². The molecule has 0 aliphatic carbocycles. The minimum atomic E-state index is -3.04. The van der Waals surface area contributed by atoms with Crippen molar-refractivity contribution in [1.29, 1.82) is 5.26 Å². The van der Waals surface area contributed by atoms with Gasteiger partial charge in [-0.05, 0) is 20.5 Å². The van der Waals surface area contributed by atoms with E-state index in [4.69, 9.17) is 11.6 Å². The molecule has 0 spiro atoms. The van der Waals surface area contributed by atoms with E-state index < -0.39 is 15.7 Å². The minimum Gasteiger partial charge on any atom is -0.371 e. The first-order chi connectivity index (χ1) is 10.8. The second-order valence-electron chi connectivity index (χ2n) is 5.70. The molecule has 0 bridgehead atoms. The Bertz CT molecular complexity index is 583. The van der Waals surface area contributed by atoms with Gasteiger partial charge in [-0.2, -0.15) is 5.26 Å². The Morgan fingerprint density at radius 2 is 2.13 bits per heavy atom. The van der Waals surface area contributed by atoms with E-state index in [-0.39, 0.29) is 35.5 Å². The molecule has 0 aromatic heterocycles. The summed E-state index contributed by atoms with van der Waals surface area (Å²) in [6, 6.07) is 1.67. The minimum absolute atomic E-state index is 0.0434. The number of nitriles is 1. The molecule has 1 aliphatic heterocycles. The van der Waals surface area contributed by atoms with Gasteiger partial charge in [-0.3, -0.25) is 4.79 Å². The molecule has 1 amide bonds. The highest BCUT2D eigenvalue weighted by Crippen LogP contribution is 2.19. The summed E-state index contributed by atoms with van der Waals surface area (Å²) in [5.74, 6) is -0.0392. The standard InChI is InChI=1S/C14H23ClN4O3S/c1-18(2)6-7-19(13-3-8-23(21,22)11-13)10-12(9-16)14(20)17-5-4-15/h10,13H,3-8,11H2,1-2H3,(H,17,20)/b12-10-. The number of amides is 1. The SMILES string of the molecule is CN(C)CCN(/C=C(/C#N)C(=O)NCCCl)C1CCS(=O)(=O)C1. The third kappa shape index (κ3) is 6.77. The number of carbonyl (C=O) groups excluding carboxylic acids is 1. The second kappa shape index (κ2) is 9.11. The lowest BCUT2D eigenvalue weighted by Gasteiger charge is -2.28. The van der Waals surface area contributed by atoms with Crippen LogP contribution in [-0.4, -0.2) is 81.3 Å². The smallest absolute Gasteiger partial charge is 0.263 e. The summed E-state index contributed by atoms with van der Waals surface area (Å²) >= 11 is 5.52. The maximum Gasteiger partial charge on any atom is 0.263 e. The fourth-order valence-corrected chi connectivity index (χ4v) is 4.10. The van der Waals surface area contributed by atoms with Crippen LogP contribution in [0.15, 0.2) is 11.8 Å². The number of sulfone groups is 1. The van der Waals surface area contributed by atoms with Crippen molar-refractivity contribution in [2.75, 3.05) is 51.1 Å². The molecule has 0 aromatic carbocycles. The fourth-order valence-electron chi connectivity index (χ4n) is 2.27. The number of halogens is 1. The molecule has 1 heterocycles. The van der Waals surface area contributed by atoms with Crippen molar-refractivity contribution in [1.82, 2.24) is 15.1 Å². The van der Waals surface area contributed by atoms with Crippen LogP contribution in [0.4, 0.5) is 0 Å². The first kappa shape index (κ1) is 19.7. The highest BCUT2D eigenvalue weighted by atomic mass is 35.5. The quantitative estimate of drug-likeness (QED) is 0.365. The summed E-state index contributed by atoms with van der Waals surface area (Å²) in [4.78, 5) is 15.7. The fraction of sp³-hybridized carbons (Fsp3) is 0.714. The molecule has 1 saturated heterocycles. The predicted molar refractivity (Wildman–Crippen MR) is 89.7 cm³/mol. The van der Waals surface area contributed by atoms with Crippen molar-refractivity contribution < 1.29 is 13.2 Å². The highest BCUT2D eigenvalue weighted by Gasteiger charge is 2.31. The van der Waals surface area contributed by atoms with Gasteiger partial charge >= 0.3 is 0 Å². The Hall–Kier alpha value is -1.30. The van der Waals surface area contributed by atoms with Crippen LogP contribution >= 0.6 is 11.6 Å². The van der Waals surface area contributed by atoms with E-state index in [1.54, 1.807) is 4.90 Å². The highest BCUT2D eigenvalue weighted by molar-refractivity contribution is 7.91. The van der Waals surface area contributed by atoms with Crippen molar-refractivity contribution in [3.8, 4) is 6.07 Å². The molecule has 0 saturated carbocycles. The van der Waals surface area contributed by atoms with Crippen molar-refractivity contribution in [3.05, 3.63) is 11.8 Å². The largest absolute Gasteiger partial charge is 0.371 e. The van der Waals surface area contributed by atoms with Crippen molar-refractivity contribution >= 4 is 27.3 Å². The molecule has 1 N–H and O–H groups in total. The molecule has 1 rings (SSSR count). The third-order valence-corrected chi connectivity index (χ3v) is 5.46. The Labute approximate surface area is 142 Å². The number of hydrogen-bond acceptors (Lipinski definition) is 6. The van der Waals surface area contributed by atoms with Crippen LogP contribution in [0.5, 0.6) is 0 Å². The number of nitrogens with zero attached hydrogens (tertiary/aromatic N) is 3. The van der Waals surface area contributed by atoms with Crippen LogP contribution in [0.2, 0.25) is 0 Å². The van der Waals surface area contributed by atoms with Gasteiger partial charge in [0.05, 0.1) is 11.5 Å². The summed E-state index contributed by atoms with van der Waals surface area (Å²) in [5.41, 5.74) is -0.0434. The van der Waals surface area contributed by atoms with Gasteiger partial charge in [0.2, 0.25) is 0 Å². The van der Waals surface area contributed by atoms with Gasteiger partial charge < -0.3 is 15.1 Å². The summed E-state index contributed by atoms with van der Waals surface area (Å²) in [6.45, 7) is 1.51. The lowest BCUT2D eigenvalue weighted by molar-refractivity contribution is -0.117. The van der Waals surface area contributed by atoms with E-state index in [0.29, 0.717) is 19.5 Å². The van der Waals surface area contributed by atoms with E-state index in [0.717, 1.165) is 0 Å². The molecular formula is C14H23ClN4O3S. The van der Waals surface area contributed by atoms with Gasteiger partial charge in [-0.25, -0.2) is 8.42 Å². The summed E-state index contributed by atoms with van der Waals surface area (Å²) in [7, 11) is 0.775.